The van der Waals surface area contributed by atoms with Gasteiger partial charge >= 0.3 is 0 Å². The Hall–Kier alpha value is -1.55. The minimum Gasteiger partial charge on any atom is -0.483 e. The highest BCUT2D eigenvalue weighted by molar-refractivity contribution is 5.77. The first kappa shape index (κ1) is 13.5. The summed E-state index contributed by atoms with van der Waals surface area (Å²) in [5.41, 5.74) is 7.54. The number of benzene rings is 1. The van der Waals surface area contributed by atoms with Crippen molar-refractivity contribution in [2.45, 2.75) is 33.4 Å². The predicted molar refractivity (Wildman–Crippen MR) is 67.8 cm³/mol. The molecule has 0 aliphatic rings. The molecule has 0 fully saturated rings. The number of carbonyl (C=O) groups is 1. The summed E-state index contributed by atoms with van der Waals surface area (Å²) >= 11 is 0. The van der Waals surface area contributed by atoms with Crippen LogP contribution in [0.1, 0.15) is 25.0 Å². The highest BCUT2D eigenvalue weighted by atomic mass is 16.5. The first-order valence-corrected chi connectivity index (χ1v) is 5.75. The van der Waals surface area contributed by atoms with E-state index in [-0.39, 0.29) is 18.6 Å². The molecule has 0 spiro atoms. The third-order valence-corrected chi connectivity index (χ3v) is 2.31. The number of hydrogen-bond donors (Lipinski definition) is 2. The Balaban J connectivity index is 2.65. The maximum Gasteiger partial charge on any atom is 0.258 e. The smallest absolute Gasteiger partial charge is 0.258 e. The van der Waals surface area contributed by atoms with Crippen molar-refractivity contribution in [1.29, 1.82) is 0 Å². The fourth-order valence-corrected chi connectivity index (χ4v) is 1.58. The number of amides is 1. The second-order valence-electron chi connectivity index (χ2n) is 4.28. The van der Waals surface area contributed by atoms with Crippen molar-refractivity contribution in [3.8, 4) is 5.75 Å². The van der Waals surface area contributed by atoms with Crippen LogP contribution in [0.4, 0.5) is 0 Å². The summed E-state index contributed by atoms with van der Waals surface area (Å²) in [5, 5.41) is 2.77. The molecule has 4 heteroatoms. The molecule has 0 atom stereocenters. The summed E-state index contributed by atoms with van der Waals surface area (Å²) in [6.45, 7) is 6.20. The van der Waals surface area contributed by atoms with E-state index in [1.165, 1.54) is 0 Å². The van der Waals surface area contributed by atoms with Crippen molar-refractivity contribution in [3.63, 3.8) is 0 Å². The molecule has 0 aliphatic carbocycles. The van der Waals surface area contributed by atoms with Gasteiger partial charge in [0, 0.05) is 18.2 Å². The quantitative estimate of drug-likeness (QED) is 0.811. The summed E-state index contributed by atoms with van der Waals surface area (Å²) < 4.78 is 5.53. The predicted octanol–water partition coefficient (Wildman–Crippen LogP) is 1.36. The third-order valence-electron chi connectivity index (χ3n) is 2.31. The summed E-state index contributed by atoms with van der Waals surface area (Å²) in [6.07, 6.45) is 0. The van der Waals surface area contributed by atoms with E-state index in [2.05, 4.69) is 5.32 Å². The van der Waals surface area contributed by atoms with Gasteiger partial charge in [0.15, 0.2) is 6.61 Å². The Morgan fingerprint density at radius 3 is 2.76 bits per heavy atom. The first-order chi connectivity index (χ1) is 8.04. The monoisotopic (exact) mass is 236 g/mol. The number of aryl methyl sites for hydroxylation is 1. The molecular formula is C13H20N2O2. The van der Waals surface area contributed by atoms with Crippen LogP contribution in [0.25, 0.3) is 0 Å². The number of hydrogen-bond acceptors (Lipinski definition) is 3. The number of carbonyl (C=O) groups excluding carboxylic acids is 1. The molecular weight excluding hydrogens is 216 g/mol. The average molecular weight is 236 g/mol. The molecule has 0 aliphatic heterocycles. The number of nitrogens with two attached hydrogens (primary N) is 1. The molecule has 1 aromatic rings. The molecule has 0 bridgehead atoms. The zero-order valence-electron chi connectivity index (χ0n) is 10.6. The summed E-state index contributed by atoms with van der Waals surface area (Å²) in [6, 6.07) is 5.90. The van der Waals surface area contributed by atoms with E-state index < -0.39 is 0 Å². The van der Waals surface area contributed by atoms with Gasteiger partial charge in [0.05, 0.1) is 0 Å². The molecule has 1 aromatic carbocycles. The van der Waals surface area contributed by atoms with Crippen LogP contribution >= 0.6 is 0 Å². The van der Waals surface area contributed by atoms with Gasteiger partial charge in [-0.1, -0.05) is 18.2 Å². The van der Waals surface area contributed by atoms with Crippen LogP contribution in [0.5, 0.6) is 5.75 Å². The van der Waals surface area contributed by atoms with Gasteiger partial charge in [-0.2, -0.15) is 0 Å². The van der Waals surface area contributed by atoms with E-state index in [1.807, 2.05) is 39.0 Å². The maximum atomic E-state index is 11.5. The molecule has 94 valence electrons. The number of rotatable bonds is 5. The molecule has 0 heterocycles. The molecule has 3 N–H and O–H groups in total. The number of ether oxygens (including phenoxy) is 1. The number of nitrogens with one attached hydrogen (secondary N) is 1. The molecule has 1 amide bonds. The van der Waals surface area contributed by atoms with E-state index in [4.69, 9.17) is 10.5 Å². The van der Waals surface area contributed by atoms with Gasteiger partial charge in [0.2, 0.25) is 0 Å². The van der Waals surface area contributed by atoms with E-state index in [0.29, 0.717) is 12.3 Å². The summed E-state index contributed by atoms with van der Waals surface area (Å²) in [5.74, 6) is 0.597. The van der Waals surface area contributed by atoms with Gasteiger partial charge < -0.3 is 15.8 Å². The van der Waals surface area contributed by atoms with E-state index in [0.717, 1.165) is 11.1 Å². The molecule has 0 saturated heterocycles. The van der Waals surface area contributed by atoms with Gasteiger partial charge in [-0.15, -0.1) is 0 Å². The molecule has 0 unspecified atom stereocenters. The zero-order chi connectivity index (χ0) is 12.8. The molecule has 17 heavy (non-hydrogen) atoms. The SMILES string of the molecule is Cc1cccc(CN)c1OCC(=O)NC(C)C. The Kier molecular flexibility index (Phi) is 4.97. The minimum atomic E-state index is -0.119. The zero-order valence-corrected chi connectivity index (χ0v) is 10.6. The molecule has 0 aromatic heterocycles. The van der Waals surface area contributed by atoms with Gasteiger partial charge in [0.25, 0.3) is 5.91 Å². The summed E-state index contributed by atoms with van der Waals surface area (Å²) in [4.78, 5) is 11.5. The summed E-state index contributed by atoms with van der Waals surface area (Å²) in [7, 11) is 0. The van der Waals surface area contributed by atoms with E-state index >= 15 is 0 Å². The van der Waals surface area contributed by atoms with Crippen LogP contribution in [0, 0.1) is 6.92 Å². The Morgan fingerprint density at radius 2 is 2.18 bits per heavy atom. The molecule has 1 rings (SSSR count). The fraction of sp³-hybridized carbons (Fsp3) is 0.462. The highest BCUT2D eigenvalue weighted by Crippen LogP contribution is 2.22. The lowest BCUT2D eigenvalue weighted by molar-refractivity contribution is -0.123. The Morgan fingerprint density at radius 1 is 1.47 bits per heavy atom. The fourth-order valence-electron chi connectivity index (χ4n) is 1.58. The van der Waals surface area contributed by atoms with Crippen molar-refractivity contribution in [2.75, 3.05) is 6.61 Å². The molecule has 0 saturated carbocycles. The van der Waals surface area contributed by atoms with Crippen LogP contribution in [0.3, 0.4) is 0 Å². The average Bonchev–Trinajstić information content (AvgIpc) is 2.26. The lowest BCUT2D eigenvalue weighted by Crippen LogP contribution is -2.34. The third kappa shape index (κ3) is 4.07. The van der Waals surface area contributed by atoms with Crippen LogP contribution in [-0.4, -0.2) is 18.6 Å². The van der Waals surface area contributed by atoms with E-state index in [1.54, 1.807) is 0 Å². The Bertz CT molecular complexity index is 389. The van der Waals surface area contributed by atoms with Crippen molar-refractivity contribution in [2.24, 2.45) is 5.73 Å². The van der Waals surface area contributed by atoms with Crippen molar-refractivity contribution >= 4 is 5.91 Å². The van der Waals surface area contributed by atoms with Crippen LogP contribution in [-0.2, 0) is 11.3 Å². The second kappa shape index (κ2) is 6.25. The van der Waals surface area contributed by atoms with Crippen molar-refractivity contribution in [3.05, 3.63) is 29.3 Å². The topological polar surface area (TPSA) is 64.3 Å². The normalized spacial score (nSPS) is 10.4. The van der Waals surface area contributed by atoms with Gasteiger partial charge in [-0.05, 0) is 26.3 Å². The van der Waals surface area contributed by atoms with Crippen molar-refractivity contribution in [1.82, 2.24) is 5.32 Å². The lowest BCUT2D eigenvalue weighted by Gasteiger charge is -2.14. The standard InChI is InChI=1S/C13H20N2O2/c1-9(2)15-12(16)8-17-13-10(3)5-4-6-11(13)7-14/h4-6,9H,7-8,14H2,1-3H3,(H,15,16). The largest absolute Gasteiger partial charge is 0.483 e. The van der Waals surface area contributed by atoms with Gasteiger partial charge in [-0.3, -0.25) is 4.79 Å². The van der Waals surface area contributed by atoms with Crippen LogP contribution < -0.4 is 15.8 Å². The second-order valence-corrected chi connectivity index (χ2v) is 4.28. The number of para-hydroxylation sites is 1. The van der Waals surface area contributed by atoms with E-state index in [9.17, 15) is 4.79 Å². The Labute approximate surface area is 102 Å². The first-order valence-electron chi connectivity index (χ1n) is 5.75. The maximum absolute atomic E-state index is 11.5. The highest BCUT2D eigenvalue weighted by Gasteiger charge is 2.09. The van der Waals surface area contributed by atoms with Crippen LogP contribution in [0.2, 0.25) is 0 Å². The molecule has 4 nitrogen and oxygen atoms in total. The van der Waals surface area contributed by atoms with Gasteiger partial charge in [0.1, 0.15) is 5.75 Å². The van der Waals surface area contributed by atoms with Crippen molar-refractivity contribution < 1.29 is 9.53 Å². The molecule has 0 radical (unpaired) electrons. The van der Waals surface area contributed by atoms with Gasteiger partial charge in [-0.25, -0.2) is 0 Å². The minimum absolute atomic E-state index is 0.0238. The lowest BCUT2D eigenvalue weighted by atomic mass is 10.1. The van der Waals surface area contributed by atoms with Crippen LogP contribution in [0.15, 0.2) is 18.2 Å².